The monoisotopic (exact) mass is 496 g/mol. The van der Waals surface area contributed by atoms with Crippen LogP contribution in [0.3, 0.4) is 0 Å². The van der Waals surface area contributed by atoms with Gasteiger partial charge < -0.3 is 19.5 Å². The van der Waals surface area contributed by atoms with E-state index in [2.05, 4.69) is 25.4 Å². The molecule has 16 heteroatoms. The normalized spacial score (nSPS) is 20.0. The van der Waals surface area contributed by atoms with Crippen molar-refractivity contribution in [3.8, 4) is 0 Å². The van der Waals surface area contributed by atoms with Crippen molar-refractivity contribution in [2.75, 3.05) is 25.4 Å². The molecule has 1 fully saturated rings. The van der Waals surface area contributed by atoms with Crippen molar-refractivity contribution in [3.63, 3.8) is 0 Å². The van der Waals surface area contributed by atoms with E-state index in [-0.39, 0.29) is 31.1 Å². The maximum absolute atomic E-state index is 13.0. The Kier molecular flexibility index (Phi) is 9.01. The topological polar surface area (TPSA) is 209 Å². The second-order valence-electron chi connectivity index (χ2n) is 8.12. The van der Waals surface area contributed by atoms with E-state index in [1.165, 1.54) is 18.7 Å². The van der Waals surface area contributed by atoms with Crippen LogP contribution in [-0.2, 0) is 28.6 Å². The lowest BCUT2D eigenvalue weighted by Gasteiger charge is -2.49. The van der Waals surface area contributed by atoms with Crippen LogP contribution in [-0.4, -0.2) is 77.4 Å². The van der Waals surface area contributed by atoms with Gasteiger partial charge in [0.05, 0.1) is 13.1 Å². The minimum absolute atomic E-state index is 0.149. The van der Waals surface area contributed by atoms with E-state index < -0.39 is 47.1 Å². The van der Waals surface area contributed by atoms with Crippen LogP contribution in [0.25, 0.3) is 20.9 Å². The van der Waals surface area contributed by atoms with Crippen LogP contribution in [0.15, 0.2) is 21.5 Å². The quantitative estimate of drug-likeness (QED) is 0.124. The van der Waals surface area contributed by atoms with Gasteiger partial charge in [-0.15, -0.1) is 11.8 Å². The lowest BCUT2D eigenvalue weighted by atomic mass is 10.0. The number of carbonyl (C=O) groups excluding carboxylic acids is 4. The van der Waals surface area contributed by atoms with Crippen molar-refractivity contribution in [1.82, 2.24) is 10.2 Å². The van der Waals surface area contributed by atoms with Crippen molar-refractivity contribution in [2.45, 2.75) is 50.8 Å². The van der Waals surface area contributed by atoms with Gasteiger partial charge in [0.2, 0.25) is 0 Å². The zero-order valence-corrected chi connectivity index (χ0v) is 19.8. The first-order chi connectivity index (χ1) is 16.0. The van der Waals surface area contributed by atoms with Gasteiger partial charge in [-0.25, -0.2) is 9.59 Å². The number of thioether (sulfide) groups is 1. The van der Waals surface area contributed by atoms with Crippen molar-refractivity contribution in [1.29, 1.82) is 0 Å². The van der Waals surface area contributed by atoms with Crippen molar-refractivity contribution < 1.29 is 33.4 Å². The molecule has 2 rings (SSSR count). The molecule has 1 N–H and O–H groups in total. The number of β-lactam (4-membered cyclic amide) rings is 1. The van der Waals surface area contributed by atoms with Gasteiger partial charge in [-0.05, 0) is 31.8 Å². The lowest BCUT2D eigenvalue weighted by Crippen LogP contribution is -2.71. The molecule has 15 nitrogen and oxygen atoms in total. The molecule has 1 saturated heterocycles. The molecule has 34 heavy (non-hydrogen) atoms. The summed E-state index contributed by atoms with van der Waals surface area (Å²) in [5, 5.41) is 8.53. The number of hydrogen-bond donors (Lipinski definition) is 1. The predicted molar refractivity (Wildman–Crippen MR) is 118 cm³/mol. The van der Waals surface area contributed by atoms with Gasteiger partial charge in [-0.2, -0.15) is 0 Å². The first-order valence-corrected chi connectivity index (χ1v) is 11.1. The van der Waals surface area contributed by atoms with Gasteiger partial charge in [-0.3, -0.25) is 14.5 Å². The van der Waals surface area contributed by atoms with E-state index in [9.17, 15) is 19.2 Å². The molecule has 2 aliphatic rings. The zero-order chi connectivity index (χ0) is 25.5. The smallest absolute Gasteiger partial charge is 0.408 e. The number of azide groups is 2. The maximum Gasteiger partial charge on any atom is 0.408 e. The van der Waals surface area contributed by atoms with E-state index in [1.54, 1.807) is 20.8 Å². The summed E-state index contributed by atoms with van der Waals surface area (Å²) in [6.07, 6.45) is -1.87. The van der Waals surface area contributed by atoms with E-state index in [0.29, 0.717) is 5.57 Å². The summed E-state index contributed by atoms with van der Waals surface area (Å²) in [5.41, 5.74) is 16.5. The third-order valence-electron chi connectivity index (χ3n) is 4.33. The highest BCUT2D eigenvalue weighted by molar-refractivity contribution is 8.00. The molecule has 0 spiro atoms. The largest absolute Gasteiger partial charge is 0.461 e. The Hall–Kier alpha value is -3.61. The Labute approximate surface area is 198 Å². The Bertz CT molecular complexity index is 961. The number of esters is 2. The third-order valence-corrected chi connectivity index (χ3v) is 5.67. The second kappa shape index (κ2) is 11.5. The number of hydrogen-bond acceptors (Lipinski definition) is 10. The third kappa shape index (κ3) is 6.94. The molecular weight excluding hydrogens is 472 g/mol. The van der Waals surface area contributed by atoms with E-state index in [0.717, 1.165) is 4.90 Å². The molecule has 2 aliphatic heterocycles. The number of carbonyl (C=O) groups is 4. The number of rotatable bonds is 9. The van der Waals surface area contributed by atoms with Gasteiger partial charge in [-0.1, -0.05) is 10.2 Å². The summed E-state index contributed by atoms with van der Waals surface area (Å²) < 4.78 is 15.5. The molecular formula is C18H24N8O7S. The van der Waals surface area contributed by atoms with Gasteiger partial charge >= 0.3 is 18.0 Å². The molecule has 2 heterocycles. The fraction of sp³-hybridized carbons (Fsp3) is 0.667. The highest BCUT2D eigenvalue weighted by atomic mass is 32.2. The average Bonchev–Trinajstić information content (AvgIpc) is 2.75. The van der Waals surface area contributed by atoms with Crippen LogP contribution in [0.1, 0.15) is 27.7 Å². The summed E-state index contributed by atoms with van der Waals surface area (Å²) in [6.45, 7) is 5.37. The molecule has 0 saturated carbocycles. The molecule has 0 aromatic rings. The SMILES string of the molecule is CC(=O)OCC1=C(C(=O)OC(CN=[N+]=[N-])CN=[N+]=[N-])N2C(=O)[C@@H](NC(=O)OC(C)(C)C)[C@H]2SC1. The van der Waals surface area contributed by atoms with Crippen LogP contribution < -0.4 is 5.32 Å². The summed E-state index contributed by atoms with van der Waals surface area (Å²) in [7, 11) is 0. The fourth-order valence-electron chi connectivity index (χ4n) is 3.00. The van der Waals surface area contributed by atoms with Gasteiger partial charge in [0.15, 0.2) is 0 Å². The number of ether oxygens (including phenoxy) is 3. The van der Waals surface area contributed by atoms with Crippen LogP contribution in [0.5, 0.6) is 0 Å². The molecule has 2 amide bonds. The second-order valence-corrected chi connectivity index (χ2v) is 9.23. The average molecular weight is 497 g/mol. The van der Waals surface area contributed by atoms with Crippen molar-refractivity contribution in [3.05, 3.63) is 32.2 Å². The van der Waals surface area contributed by atoms with Gasteiger partial charge in [0, 0.05) is 28.1 Å². The summed E-state index contributed by atoms with van der Waals surface area (Å²) in [6, 6.07) is -0.944. The van der Waals surface area contributed by atoms with Crippen LogP contribution in [0, 0.1) is 0 Å². The van der Waals surface area contributed by atoms with Crippen molar-refractivity contribution >= 4 is 35.7 Å². The molecule has 0 radical (unpaired) electrons. The first-order valence-electron chi connectivity index (χ1n) is 10.0. The van der Waals surface area contributed by atoms with Crippen LogP contribution >= 0.6 is 11.8 Å². The minimum atomic E-state index is -1.08. The molecule has 0 aromatic heterocycles. The Morgan fingerprint density at radius 1 is 1.24 bits per heavy atom. The van der Waals surface area contributed by atoms with Gasteiger partial charge in [0.25, 0.3) is 5.91 Å². The number of alkyl carbamates (subject to hydrolysis) is 1. The van der Waals surface area contributed by atoms with E-state index >= 15 is 0 Å². The predicted octanol–water partition coefficient (Wildman–Crippen LogP) is 2.14. The first kappa shape index (κ1) is 26.6. The number of fused-ring (bicyclic) bond motifs is 1. The summed E-state index contributed by atoms with van der Waals surface area (Å²) in [5.74, 6) is -1.92. The zero-order valence-electron chi connectivity index (χ0n) is 19.0. The van der Waals surface area contributed by atoms with Crippen LogP contribution in [0.4, 0.5) is 4.79 Å². The summed E-state index contributed by atoms with van der Waals surface area (Å²) in [4.78, 5) is 55.7. The van der Waals surface area contributed by atoms with Crippen LogP contribution in [0.2, 0.25) is 0 Å². The van der Waals surface area contributed by atoms with E-state index in [1.807, 2.05) is 0 Å². The number of nitrogens with one attached hydrogen (secondary N) is 1. The maximum atomic E-state index is 13.0. The molecule has 0 unspecified atom stereocenters. The van der Waals surface area contributed by atoms with E-state index in [4.69, 9.17) is 25.3 Å². The molecule has 0 bridgehead atoms. The molecule has 0 aliphatic carbocycles. The molecule has 2 atom stereocenters. The Balaban J connectivity index is 2.27. The van der Waals surface area contributed by atoms with Gasteiger partial charge in [0.1, 0.15) is 35.4 Å². The number of amides is 2. The Morgan fingerprint density at radius 2 is 1.85 bits per heavy atom. The highest BCUT2D eigenvalue weighted by Gasteiger charge is 2.55. The minimum Gasteiger partial charge on any atom is -0.461 e. The highest BCUT2D eigenvalue weighted by Crippen LogP contribution is 2.41. The summed E-state index contributed by atoms with van der Waals surface area (Å²) >= 11 is 1.26. The lowest BCUT2D eigenvalue weighted by molar-refractivity contribution is -0.154. The fourth-order valence-corrected chi connectivity index (χ4v) is 4.33. The molecule has 184 valence electrons. The Morgan fingerprint density at radius 3 is 2.38 bits per heavy atom. The van der Waals surface area contributed by atoms with Crippen molar-refractivity contribution in [2.24, 2.45) is 10.2 Å². The standard InChI is InChI=1S/C18H24N8O7S/c1-9(27)31-7-10-8-34-15-12(23-17(30)33-18(2,3)4)14(28)26(15)13(10)16(29)32-11(5-21-24-19)6-22-25-20/h11-12,15H,5-8H2,1-4H3,(H,23,30)/t12-,15-/m1/s1. The number of nitrogens with zero attached hydrogens (tertiary/aromatic N) is 7. The molecule has 0 aromatic carbocycles.